The lowest BCUT2D eigenvalue weighted by Gasteiger charge is -1.95. The molecular weight excluding hydrogens is 243 g/mol. The zero-order valence-electron chi connectivity index (χ0n) is 8.18. The molecule has 0 aliphatic rings. The van der Waals surface area contributed by atoms with Crippen LogP contribution < -0.4 is 0 Å². The van der Waals surface area contributed by atoms with Crippen molar-refractivity contribution in [3.05, 3.63) is 35.5 Å². The van der Waals surface area contributed by atoms with Crippen molar-refractivity contribution >= 4 is 23.1 Å². The second-order valence-electron chi connectivity index (χ2n) is 2.95. The third kappa shape index (κ3) is 2.60. The molecule has 0 bridgehead atoms. The highest BCUT2D eigenvalue weighted by Crippen LogP contribution is 2.27. The molecule has 0 saturated carbocycles. The molecule has 0 unspecified atom stereocenters. The van der Waals surface area contributed by atoms with E-state index in [1.165, 1.54) is 35.2 Å². The Kier molecular flexibility index (Phi) is 3.54. The first-order valence-electron chi connectivity index (χ1n) is 4.51. The summed E-state index contributed by atoms with van der Waals surface area (Å²) < 4.78 is 13.6. The molecule has 2 aromatic rings. The molecule has 0 spiro atoms. The maximum Gasteiger partial charge on any atom is 0.151 e. The number of aromatic nitrogens is 1. The van der Waals surface area contributed by atoms with E-state index in [9.17, 15) is 4.39 Å². The molecule has 1 heterocycles. The summed E-state index contributed by atoms with van der Waals surface area (Å²) in [5.74, 6) is 0.147. The van der Waals surface area contributed by atoms with Crippen LogP contribution in [0.5, 0.6) is 0 Å². The zero-order chi connectivity index (χ0) is 11.4. The van der Waals surface area contributed by atoms with Gasteiger partial charge in [-0.05, 0) is 24.3 Å². The van der Waals surface area contributed by atoms with Gasteiger partial charge in [0.1, 0.15) is 5.82 Å². The molecule has 1 aromatic carbocycles. The third-order valence-corrected chi connectivity index (χ3v) is 3.77. The number of hydrogen-bond donors (Lipinski definition) is 0. The van der Waals surface area contributed by atoms with Gasteiger partial charge in [0.25, 0.3) is 0 Å². The lowest BCUT2D eigenvalue weighted by Crippen LogP contribution is -1.79. The van der Waals surface area contributed by atoms with Crippen LogP contribution in [0.3, 0.4) is 0 Å². The van der Waals surface area contributed by atoms with E-state index in [-0.39, 0.29) is 5.82 Å². The van der Waals surface area contributed by atoms with Crippen molar-refractivity contribution in [1.82, 2.24) is 4.98 Å². The molecule has 16 heavy (non-hydrogen) atoms. The van der Waals surface area contributed by atoms with Crippen molar-refractivity contribution in [1.29, 1.82) is 5.26 Å². The number of benzene rings is 1. The van der Waals surface area contributed by atoms with Gasteiger partial charge < -0.3 is 0 Å². The van der Waals surface area contributed by atoms with Gasteiger partial charge in [0.05, 0.1) is 17.5 Å². The Balaban J connectivity index is 2.18. The number of hydrogen-bond acceptors (Lipinski definition) is 4. The maximum atomic E-state index is 12.7. The van der Waals surface area contributed by atoms with Gasteiger partial charge in [-0.25, -0.2) is 9.37 Å². The van der Waals surface area contributed by atoms with Gasteiger partial charge >= 0.3 is 0 Å². The van der Waals surface area contributed by atoms with Crippen molar-refractivity contribution in [2.24, 2.45) is 0 Å². The minimum atomic E-state index is -0.252. The van der Waals surface area contributed by atoms with Crippen molar-refractivity contribution in [2.75, 3.05) is 5.75 Å². The Morgan fingerprint density at radius 1 is 1.38 bits per heavy atom. The highest BCUT2D eigenvalue weighted by molar-refractivity contribution is 8.01. The second-order valence-corrected chi connectivity index (χ2v) is 5.03. The molecule has 0 fully saturated rings. The van der Waals surface area contributed by atoms with Crippen LogP contribution >= 0.6 is 23.1 Å². The van der Waals surface area contributed by atoms with Crippen LogP contribution in [-0.2, 0) is 0 Å². The summed E-state index contributed by atoms with van der Waals surface area (Å²) in [6.45, 7) is 0. The minimum Gasteiger partial charge on any atom is -0.230 e. The first-order chi connectivity index (χ1) is 7.79. The average molecular weight is 250 g/mol. The Bertz CT molecular complexity index is 514. The highest BCUT2D eigenvalue weighted by Gasteiger charge is 2.04. The number of nitriles is 1. The van der Waals surface area contributed by atoms with Crippen molar-refractivity contribution in [3.63, 3.8) is 0 Å². The summed E-state index contributed by atoms with van der Waals surface area (Å²) in [5, 5.41) is 10.4. The van der Waals surface area contributed by atoms with Gasteiger partial charge in [-0.2, -0.15) is 5.26 Å². The van der Waals surface area contributed by atoms with E-state index in [0.717, 1.165) is 15.6 Å². The monoisotopic (exact) mass is 250 g/mol. The standard InChI is InChI=1S/C11H7FN2S2/c12-9-3-1-8(2-4-9)10-7-16-11(14-10)15-6-5-13/h1-4,7H,6H2. The van der Waals surface area contributed by atoms with Crippen molar-refractivity contribution in [3.8, 4) is 17.3 Å². The quantitative estimate of drug-likeness (QED) is 0.781. The molecule has 80 valence electrons. The number of halogens is 1. The smallest absolute Gasteiger partial charge is 0.151 e. The largest absolute Gasteiger partial charge is 0.230 e. The summed E-state index contributed by atoms with van der Waals surface area (Å²) in [6, 6.07) is 8.27. The SMILES string of the molecule is N#CCSc1nc(-c2ccc(F)cc2)cs1. The number of rotatable bonds is 3. The van der Waals surface area contributed by atoms with E-state index >= 15 is 0 Å². The Hall–Kier alpha value is -1.38. The fourth-order valence-corrected chi connectivity index (χ4v) is 2.67. The molecule has 0 aliphatic heterocycles. The van der Waals surface area contributed by atoms with Crippen LogP contribution in [0.4, 0.5) is 4.39 Å². The first kappa shape index (κ1) is 11.1. The van der Waals surface area contributed by atoms with E-state index in [2.05, 4.69) is 11.1 Å². The fraction of sp³-hybridized carbons (Fsp3) is 0.0909. The maximum absolute atomic E-state index is 12.7. The summed E-state index contributed by atoms with van der Waals surface area (Å²) in [7, 11) is 0. The van der Waals surface area contributed by atoms with Crippen LogP contribution in [-0.4, -0.2) is 10.7 Å². The highest BCUT2D eigenvalue weighted by atomic mass is 32.2. The average Bonchev–Trinajstić information content (AvgIpc) is 2.76. The third-order valence-electron chi connectivity index (χ3n) is 1.88. The molecule has 5 heteroatoms. The molecule has 0 atom stereocenters. The number of nitrogens with zero attached hydrogens (tertiary/aromatic N) is 2. The Morgan fingerprint density at radius 2 is 2.12 bits per heavy atom. The van der Waals surface area contributed by atoms with Crippen molar-refractivity contribution in [2.45, 2.75) is 4.34 Å². The molecule has 0 saturated heterocycles. The normalized spacial score (nSPS) is 10.0. The number of thiazole rings is 1. The van der Waals surface area contributed by atoms with E-state index in [1.54, 1.807) is 12.1 Å². The van der Waals surface area contributed by atoms with Gasteiger partial charge in [-0.1, -0.05) is 11.8 Å². The van der Waals surface area contributed by atoms with Gasteiger partial charge in [0.2, 0.25) is 0 Å². The van der Waals surface area contributed by atoms with Crippen LogP contribution in [0, 0.1) is 17.1 Å². The summed E-state index contributed by atoms with van der Waals surface area (Å²) in [5.41, 5.74) is 1.71. The summed E-state index contributed by atoms with van der Waals surface area (Å²) in [6.07, 6.45) is 0. The van der Waals surface area contributed by atoms with Crippen LogP contribution in [0.25, 0.3) is 11.3 Å². The first-order valence-corrected chi connectivity index (χ1v) is 6.37. The van der Waals surface area contributed by atoms with Gasteiger partial charge in [-0.15, -0.1) is 11.3 Å². The summed E-state index contributed by atoms with van der Waals surface area (Å²) in [4.78, 5) is 4.36. The van der Waals surface area contributed by atoms with Crippen LogP contribution in [0.2, 0.25) is 0 Å². The molecule has 0 aliphatic carbocycles. The lowest BCUT2D eigenvalue weighted by atomic mass is 10.2. The molecule has 0 amide bonds. The molecule has 2 nitrogen and oxygen atoms in total. The molecule has 0 N–H and O–H groups in total. The van der Waals surface area contributed by atoms with Crippen molar-refractivity contribution < 1.29 is 4.39 Å². The predicted octanol–water partition coefficient (Wildman–Crippen LogP) is 3.56. The van der Waals surface area contributed by atoms with E-state index in [1.807, 2.05) is 5.38 Å². The van der Waals surface area contributed by atoms with Crippen LogP contribution in [0.1, 0.15) is 0 Å². The molecular formula is C11H7FN2S2. The zero-order valence-corrected chi connectivity index (χ0v) is 9.82. The van der Waals surface area contributed by atoms with Gasteiger partial charge in [-0.3, -0.25) is 0 Å². The van der Waals surface area contributed by atoms with Gasteiger partial charge in [0, 0.05) is 10.9 Å². The van der Waals surface area contributed by atoms with Crippen LogP contribution in [0.15, 0.2) is 34.0 Å². The molecule has 0 radical (unpaired) electrons. The number of thioether (sulfide) groups is 1. The lowest BCUT2D eigenvalue weighted by molar-refractivity contribution is 0.628. The molecule has 1 aromatic heterocycles. The van der Waals surface area contributed by atoms with E-state index < -0.39 is 0 Å². The van der Waals surface area contributed by atoms with E-state index in [0.29, 0.717) is 5.75 Å². The molecule has 2 rings (SSSR count). The minimum absolute atomic E-state index is 0.252. The topological polar surface area (TPSA) is 36.7 Å². The van der Waals surface area contributed by atoms with Gasteiger partial charge in [0.15, 0.2) is 4.34 Å². The van der Waals surface area contributed by atoms with E-state index in [4.69, 9.17) is 5.26 Å². The summed E-state index contributed by atoms with van der Waals surface area (Å²) >= 11 is 2.91. The Morgan fingerprint density at radius 3 is 2.81 bits per heavy atom. The second kappa shape index (κ2) is 5.10. The fourth-order valence-electron chi connectivity index (χ4n) is 1.17. The Labute approximate surface area is 101 Å². The predicted molar refractivity (Wildman–Crippen MR) is 63.8 cm³/mol.